The summed E-state index contributed by atoms with van der Waals surface area (Å²) in [6, 6.07) is 5.30. The van der Waals surface area contributed by atoms with Gasteiger partial charge in [0.1, 0.15) is 0 Å². The molecule has 21 heavy (non-hydrogen) atoms. The highest BCUT2D eigenvalue weighted by Crippen LogP contribution is 2.30. The smallest absolute Gasteiger partial charge is 0.243 e. The molecule has 120 valence electrons. The first-order chi connectivity index (χ1) is 9.78. The molecule has 0 heterocycles. The van der Waals surface area contributed by atoms with Crippen LogP contribution in [0.2, 0.25) is 0 Å². The van der Waals surface area contributed by atoms with Crippen LogP contribution in [0.5, 0.6) is 0 Å². The van der Waals surface area contributed by atoms with Crippen molar-refractivity contribution in [3.05, 3.63) is 29.3 Å². The number of hydrogen-bond acceptors (Lipinski definition) is 3. The molecule has 4 nitrogen and oxygen atoms in total. The summed E-state index contributed by atoms with van der Waals surface area (Å²) in [6.07, 6.45) is 1.41. The Balaban J connectivity index is 3.40. The molecule has 0 spiro atoms. The molecule has 5 heteroatoms. The summed E-state index contributed by atoms with van der Waals surface area (Å²) >= 11 is 0. The van der Waals surface area contributed by atoms with Crippen LogP contribution in [0.4, 0.5) is 0 Å². The molecule has 1 aromatic rings. The molecule has 0 atom stereocenters. The number of nitrogens with two attached hydrogens (primary N) is 1. The van der Waals surface area contributed by atoms with E-state index in [4.69, 9.17) is 5.73 Å². The van der Waals surface area contributed by atoms with Gasteiger partial charge in [-0.3, -0.25) is 0 Å². The molecule has 2 N–H and O–H groups in total. The summed E-state index contributed by atoms with van der Waals surface area (Å²) in [5.74, 6) is 0. The molecule has 0 aliphatic rings. The molecule has 0 amide bonds. The molecule has 1 rings (SSSR count). The Hall–Kier alpha value is -0.910. The number of rotatable bonds is 7. The van der Waals surface area contributed by atoms with Gasteiger partial charge in [0.15, 0.2) is 0 Å². The maximum Gasteiger partial charge on any atom is 0.243 e. The lowest BCUT2D eigenvalue weighted by Gasteiger charge is -2.40. The van der Waals surface area contributed by atoms with Gasteiger partial charge in [0, 0.05) is 18.6 Å². The topological polar surface area (TPSA) is 63.4 Å². The van der Waals surface area contributed by atoms with Crippen molar-refractivity contribution in [1.82, 2.24) is 4.31 Å². The molecular weight excluding hydrogens is 284 g/mol. The Bertz CT molecular complexity index is 570. The highest BCUT2D eigenvalue weighted by Gasteiger charge is 2.39. The van der Waals surface area contributed by atoms with Gasteiger partial charge >= 0.3 is 0 Å². The first kappa shape index (κ1) is 18.1. The van der Waals surface area contributed by atoms with E-state index < -0.39 is 15.6 Å². The normalized spacial score (nSPS) is 12.9. The summed E-state index contributed by atoms with van der Waals surface area (Å²) in [4.78, 5) is 0.354. The third kappa shape index (κ3) is 3.30. The molecule has 0 unspecified atom stereocenters. The van der Waals surface area contributed by atoms with E-state index in [0.29, 0.717) is 30.8 Å². The van der Waals surface area contributed by atoms with Gasteiger partial charge in [-0.15, -0.1) is 0 Å². The van der Waals surface area contributed by atoms with E-state index in [1.54, 1.807) is 16.4 Å². The van der Waals surface area contributed by atoms with E-state index in [1.807, 2.05) is 40.7 Å². The van der Waals surface area contributed by atoms with Crippen molar-refractivity contribution >= 4 is 10.0 Å². The average Bonchev–Trinajstić information content (AvgIpc) is 2.47. The van der Waals surface area contributed by atoms with Crippen molar-refractivity contribution in [2.75, 3.05) is 13.1 Å². The van der Waals surface area contributed by atoms with Gasteiger partial charge in [-0.2, -0.15) is 4.31 Å². The van der Waals surface area contributed by atoms with Crippen molar-refractivity contribution in [3.63, 3.8) is 0 Å². The SMILES string of the molecule is CCN(C(CC)(CC)CN)S(=O)(=O)c1ccc(C)c(C)c1. The zero-order valence-electron chi connectivity index (χ0n) is 13.8. The minimum atomic E-state index is -3.53. The van der Waals surface area contributed by atoms with Crippen LogP contribution >= 0.6 is 0 Å². The molecule has 0 saturated carbocycles. The van der Waals surface area contributed by atoms with Crippen LogP contribution in [0, 0.1) is 13.8 Å². The molecular formula is C16H28N2O2S. The van der Waals surface area contributed by atoms with Crippen molar-refractivity contribution < 1.29 is 8.42 Å². The Morgan fingerprint density at radius 1 is 1.10 bits per heavy atom. The first-order valence-corrected chi connectivity index (χ1v) is 9.03. The fourth-order valence-electron chi connectivity index (χ4n) is 2.76. The zero-order chi connectivity index (χ0) is 16.3. The van der Waals surface area contributed by atoms with Crippen LogP contribution in [0.25, 0.3) is 0 Å². The molecule has 0 fully saturated rings. The van der Waals surface area contributed by atoms with Crippen LogP contribution in [-0.4, -0.2) is 31.4 Å². The van der Waals surface area contributed by atoms with Crippen LogP contribution in [0.15, 0.2) is 23.1 Å². The second-order valence-corrected chi connectivity index (χ2v) is 7.41. The minimum absolute atomic E-state index is 0.331. The van der Waals surface area contributed by atoms with Crippen molar-refractivity contribution in [1.29, 1.82) is 0 Å². The summed E-state index contributed by atoms with van der Waals surface area (Å²) < 4.78 is 27.6. The van der Waals surface area contributed by atoms with Gasteiger partial charge < -0.3 is 5.73 Å². The Morgan fingerprint density at radius 2 is 1.67 bits per heavy atom. The van der Waals surface area contributed by atoms with Gasteiger partial charge in [-0.25, -0.2) is 8.42 Å². The molecule has 0 bridgehead atoms. The fourth-order valence-corrected chi connectivity index (χ4v) is 4.76. The summed E-state index contributed by atoms with van der Waals surface area (Å²) in [6.45, 7) is 10.5. The Labute approximate surface area is 129 Å². The summed E-state index contributed by atoms with van der Waals surface area (Å²) in [5, 5.41) is 0. The minimum Gasteiger partial charge on any atom is -0.329 e. The van der Waals surface area contributed by atoms with E-state index >= 15 is 0 Å². The lowest BCUT2D eigenvalue weighted by molar-refractivity contribution is 0.184. The number of nitrogens with zero attached hydrogens (tertiary/aromatic N) is 1. The highest BCUT2D eigenvalue weighted by molar-refractivity contribution is 7.89. The van der Waals surface area contributed by atoms with Crippen molar-refractivity contribution in [3.8, 4) is 0 Å². The van der Waals surface area contributed by atoms with E-state index in [2.05, 4.69) is 0 Å². The standard InChI is InChI=1S/C16H28N2O2S/c1-6-16(7-2,12-17)18(8-3)21(19,20)15-10-9-13(4)14(5)11-15/h9-11H,6-8,12,17H2,1-5H3. The van der Waals surface area contributed by atoms with Gasteiger partial charge in [0.05, 0.1) is 4.90 Å². The molecule has 0 aliphatic heterocycles. The van der Waals surface area contributed by atoms with Gasteiger partial charge in [-0.05, 0) is 49.9 Å². The van der Waals surface area contributed by atoms with Crippen molar-refractivity contribution in [2.45, 2.75) is 57.9 Å². The van der Waals surface area contributed by atoms with Gasteiger partial charge in [0.25, 0.3) is 0 Å². The zero-order valence-corrected chi connectivity index (χ0v) is 14.6. The lowest BCUT2D eigenvalue weighted by Crippen LogP contribution is -2.55. The molecule has 0 aromatic heterocycles. The van der Waals surface area contributed by atoms with Crippen molar-refractivity contribution in [2.24, 2.45) is 5.73 Å². The maximum absolute atomic E-state index is 13.0. The largest absolute Gasteiger partial charge is 0.329 e. The van der Waals surface area contributed by atoms with Crippen LogP contribution in [-0.2, 0) is 10.0 Å². The highest BCUT2D eigenvalue weighted by atomic mass is 32.2. The molecule has 1 aromatic carbocycles. The number of sulfonamides is 1. The van der Waals surface area contributed by atoms with E-state index in [9.17, 15) is 8.42 Å². The van der Waals surface area contributed by atoms with Gasteiger partial charge in [0.2, 0.25) is 10.0 Å². The molecule has 0 aliphatic carbocycles. The predicted octanol–water partition coefficient (Wildman–Crippen LogP) is 2.83. The first-order valence-electron chi connectivity index (χ1n) is 7.59. The second kappa shape index (κ2) is 6.90. The second-order valence-electron chi connectivity index (χ2n) is 5.55. The monoisotopic (exact) mass is 312 g/mol. The van der Waals surface area contributed by atoms with E-state index in [1.165, 1.54) is 0 Å². The van der Waals surface area contributed by atoms with E-state index in [0.717, 1.165) is 11.1 Å². The lowest BCUT2D eigenvalue weighted by atomic mass is 9.93. The number of benzene rings is 1. The summed E-state index contributed by atoms with van der Waals surface area (Å²) in [7, 11) is -3.53. The van der Waals surface area contributed by atoms with Crippen LogP contribution in [0.1, 0.15) is 44.7 Å². The Kier molecular flexibility index (Phi) is 5.96. The average molecular weight is 312 g/mol. The number of aryl methyl sites for hydroxylation is 2. The van der Waals surface area contributed by atoms with Crippen LogP contribution < -0.4 is 5.73 Å². The summed E-state index contributed by atoms with van der Waals surface area (Å²) in [5.41, 5.74) is 7.50. The Morgan fingerprint density at radius 3 is 2.05 bits per heavy atom. The maximum atomic E-state index is 13.0. The molecule has 0 radical (unpaired) electrons. The predicted molar refractivity (Wildman–Crippen MR) is 87.8 cm³/mol. The number of likely N-dealkylation sites (N-methyl/N-ethyl adjacent to an activating group) is 1. The van der Waals surface area contributed by atoms with Gasteiger partial charge in [-0.1, -0.05) is 26.8 Å². The van der Waals surface area contributed by atoms with Crippen LogP contribution in [0.3, 0.4) is 0 Å². The number of hydrogen-bond donors (Lipinski definition) is 1. The fraction of sp³-hybridized carbons (Fsp3) is 0.625. The van der Waals surface area contributed by atoms with E-state index in [-0.39, 0.29) is 0 Å². The third-order valence-corrected chi connectivity index (χ3v) is 6.65. The third-order valence-electron chi connectivity index (χ3n) is 4.58. The quantitative estimate of drug-likeness (QED) is 0.842. The molecule has 0 saturated heterocycles.